The van der Waals surface area contributed by atoms with E-state index in [0.29, 0.717) is 17.3 Å². The number of nitrogens with zero attached hydrogens (tertiary/aromatic N) is 1. The fourth-order valence-electron chi connectivity index (χ4n) is 2.57. The minimum Gasteiger partial charge on any atom is -0.494 e. The summed E-state index contributed by atoms with van der Waals surface area (Å²) in [5.74, 6) is -0.500. The molecule has 0 aliphatic rings. The highest BCUT2D eigenvalue weighted by atomic mass is 32.1. The SMILES string of the molecule is CCOc1ccc2nc(NC(=O)COC(=O)CCC(=O)c3ccccc3)sc2c1. The first kappa shape index (κ1) is 20.5. The minimum absolute atomic E-state index is 0.0322. The summed E-state index contributed by atoms with van der Waals surface area (Å²) in [6, 6.07) is 14.2. The van der Waals surface area contributed by atoms with Crippen molar-refractivity contribution in [3.8, 4) is 5.75 Å². The average molecular weight is 412 g/mol. The lowest BCUT2D eigenvalue weighted by atomic mass is 10.1. The van der Waals surface area contributed by atoms with Gasteiger partial charge in [0.05, 0.1) is 23.2 Å². The molecule has 0 aliphatic carbocycles. The van der Waals surface area contributed by atoms with Crippen LogP contribution in [0, 0.1) is 0 Å². The van der Waals surface area contributed by atoms with E-state index in [4.69, 9.17) is 9.47 Å². The molecule has 1 amide bonds. The van der Waals surface area contributed by atoms with Gasteiger partial charge in [-0.05, 0) is 25.1 Å². The molecule has 1 heterocycles. The van der Waals surface area contributed by atoms with Crippen LogP contribution in [0.4, 0.5) is 5.13 Å². The number of Topliss-reactive ketones (excluding diaryl/α,β-unsaturated/α-hetero) is 1. The van der Waals surface area contributed by atoms with Gasteiger partial charge in [0.2, 0.25) is 0 Å². The number of esters is 1. The number of thiazole rings is 1. The second-order valence-corrected chi connectivity index (χ2v) is 7.11. The van der Waals surface area contributed by atoms with Crippen molar-refractivity contribution in [3.05, 3.63) is 54.1 Å². The van der Waals surface area contributed by atoms with Crippen molar-refractivity contribution in [2.45, 2.75) is 19.8 Å². The van der Waals surface area contributed by atoms with Gasteiger partial charge < -0.3 is 9.47 Å². The molecule has 0 unspecified atom stereocenters. The molecule has 1 aromatic heterocycles. The Morgan fingerprint density at radius 1 is 1.07 bits per heavy atom. The predicted octanol–water partition coefficient (Wildman–Crippen LogP) is 3.84. The Labute approximate surface area is 171 Å². The Morgan fingerprint density at radius 3 is 2.62 bits per heavy atom. The van der Waals surface area contributed by atoms with Gasteiger partial charge in [0.15, 0.2) is 17.5 Å². The number of nitrogens with one attached hydrogen (secondary N) is 1. The number of benzene rings is 2. The maximum atomic E-state index is 12.0. The van der Waals surface area contributed by atoms with Gasteiger partial charge in [-0.3, -0.25) is 19.7 Å². The van der Waals surface area contributed by atoms with E-state index in [2.05, 4.69) is 10.3 Å². The van der Waals surface area contributed by atoms with E-state index < -0.39 is 18.5 Å². The molecule has 0 aliphatic heterocycles. The molecule has 3 rings (SSSR count). The quantitative estimate of drug-likeness (QED) is 0.424. The Balaban J connectivity index is 1.45. The Hall–Kier alpha value is -3.26. The smallest absolute Gasteiger partial charge is 0.306 e. The van der Waals surface area contributed by atoms with Gasteiger partial charge in [-0.1, -0.05) is 41.7 Å². The van der Waals surface area contributed by atoms with Crippen LogP contribution in [0.5, 0.6) is 5.75 Å². The summed E-state index contributed by atoms with van der Waals surface area (Å²) < 4.78 is 11.3. The maximum absolute atomic E-state index is 12.0. The third-order valence-electron chi connectivity index (χ3n) is 3.93. The normalized spacial score (nSPS) is 10.5. The second kappa shape index (κ2) is 9.79. The number of anilines is 1. The topological polar surface area (TPSA) is 94.6 Å². The highest BCUT2D eigenvalue weighted by molar-refractivity contribution is 7.22. The van der Waals surface area contributed by atoms with E-state index >= 15 is 0 Å². The average Bonchev–Trinajstić information content (AvgIpc) is 3.12. The van der Waals surface area contributed by atoms with Crippen LogP contribution < -0.4 is 10.1 Å². The van der Waals surface area contributed by atoms with Gasteiger partial charge in [0, 0.05) is 12.0 Å². The lowest BCUT2D eigenvalue weighted by Crippen LogP contribution is -2.21. The van der Waals surface area contributed by atoms with Gasteiger partial charge in [-0.25, -0.2) is 4.98 Å². The van der Waals surface area contributed by atoms with Crippen LogP contribution in [-0.2, 0) is 14.3 Å². The van der Waals surface area contributed by atoms with Crippen molar-refractivity contribution in [3.63, 3.8) is 0 Å². The number of ketones is 1. The highest BCUT2D eigenvalue weighted by Gasteiger charge is 2.13. The molecule has 2 aromatic carbocycles. The number of fused-ring (bicyclic) bond motifs is 1. The number of aromatic nitrogens is 1. The van der Waals surface area contributed by atoms with E-state index in [1.54, 1.807) is 24.3 Å². The molecule has 3 aromatic rings. The Bertz CT molecular complexity index is 1020. The molecule has 7 nitrogen and oxygen atoms in total. The molecule has 0 spiro atoms. The highest BCUT2D eigenvalue weighted by Crippen LogP contribution is 2.29. The van der Waals surface area contributed by atoms with E-state index in [0.717, 1.165) is 16.0 Å². The lowest BCUT2D eigenvalue weighted by molar-refractivity contribution is -0.147. The van der Waals surface area contributed by atoms with E-state index in [1.165, 1.54) is 11.3 Å². The van der Waals surface area contributed by atoms with Crippen molar-refractivity contribution in [2.24, 2.45) is 0 Å². The summed E-state index contributed by atoms with van der Waals surface area (Å²) in [4.78, 5) is 40.1. The van der Waals surface area contributed by atoms with Crippen molar-refractivity contribution >= 4 is 44.3 Å². The van der Waals surface area contributed by atoms with Crippen LogP contribution >= 0.6 is 11.3 Å². The van der Waals surface area contributed by atoms with Crippen LogP contribution in [-0.4, -0.2) is 35.9 Å². The first-order chi connectivity index (χ1) is 14.0. The monoisotopic (exact) mass is 412 g/mol. The first-order valence-electron chi connectivity index (χ1n) is 9.12. The van der Waals surface area contributed by atoms with Gasteiger partial charge in [-0.15, -0.1) is 0 Å². The molecule has 8 heteroatoms. The molecule has 150 valence electrons. The fourth-order valence-corrected chi connectivity index (χ4v) is 3.48. The van der Waals surface area contributed by atoms with E-state index in [9.17, 15) is 14.4 Å². The van der Waals surface area contributed by atoms with E-state index in [-0.39, 0.29) is 18.6 Å². The van der Waals surface area contributed by atoms with Crippen molar-refractivity contribution in [1.29, 1.82) is 0 Å². The summed E-state index contributed by atoms with van der Waals surface area (Å²) in [6.07, 6.45) is -0.0488. The number of amides is 1. The fraction of sp³-hybridized carbons (Fsp3) is 0.238. The second-order valence-electron chi connectivity index (χ2n) is 6.08. The zero-order chi connectivity index (χ0) is 20.6. The number of carbonyl (C=O) groups is 3. The molecule has 0 radical (unpaired) electrons. The summed E-state index contributed by atoms with van der Waals surface area (Å²) in [5, 5.41) is 3.02. The molecule has 29 heavy (non-hydrogen) atoms. The van der Waals surface area contributed by atoms with Gasteiger partial charge in [-0.2, -0.15) is 0 Å². The van der Waals surface area contributed by atoms with Crippen molar-refractivity contribution in [2.75, 3.05) is 18.5 Å². The summed E-state index contributed by atoms with van der Waals surface area (Å²) in [7, 11) is 0. The maximum Gasteiger partial charge on any atom is 0.306 e. The van der Waals surface area contributed by atoms with E-state index in [1.807, 2.05) is 31.2 Å². The molecule has 0 saturated heterocycles. The number of hydrogen-bond acceptors (Lipinski definition) is 7. The molecule has 0 atom stereocenters. The summed E-state index contributed by atoms with van der Waals surface area (Å²) in [6.45, 7) is 2.04. The van der Waals surface area contributed by atoms with Crippen LogP contribution in [0.3, 0.4) is 0 Å². The number of carbonyl (C=O) groups excluding carboxylic acids is 3. The number of rotatable bonds is 9. The lowest BCUT2D eigenvalue weighted by Gasteiger charge is -2.04. The van der Waals surface area contributed by atoms with Gasteiger partial charge in [0.25, 0.3) is 5.91 Å². The zero-order valence-corrected chi connectivity index (χ0v) is 16.7. The Kier molecular flexibility index (Phi) is 6.91. The first-order valence-corrected chi connectivity index (χ1v) is 9.94. The van der Waals surface area contributed by atoms with Crippen LogP contribution in [0.15, 0.2) is 48.5 Å². The third kappa shape index (κ3) is 5.86. The number of hydrogen-bond donors (Lipinski definition) is 1. The molecule has 1 N–H and O–H groups in total. The Morgan fingerprint density at radius 2 is 1.86 bits per heavy atom. The van der Waals surface area contributed by atoms with Gasteiger partial charge in [0.1, 0.15) is 5.75 Å². The van der Waals surface area contributed by atoms with Crippen LogP contribution in [0.25, 0.3) is 10.2 Å². The largest absolute Gasteiger partial charge is 0.494 e. The zero-order valence-electron chi connectivity index (χ0n) is 15.8. The third-order valence-corrected chi connectivity index (χ3v) is 4.87. The molecule has 0 fully saturated rings. The molecule has 0 saturated carbocycles. The molecular weight excluding hydrogens is 392 g/mol. The molecular formula is C21H20N2O5S. The summed E-state index contributed by atoms with van der Waals surface area (Å²) >= 11 is 1.30. The van der Waals surface area contributed by atoms with Crippen molar-refractivity contribution < 1.29 is 23.9 Å². The van der Waals surface area contributed by atoms with Crippen LogP contribution in [0.1, 0.15) is 30.1 Å². The summed E-state index contributed by atoms with van der Waals surface area (Å²) in [5.41, 5.74) is 1.28. The molecule has 0 bridgehead atoms. The van der Waals surface area contributed by atoms with Crippen LogP contribution in [0.2, 0.25) is 0 Å². The van der Waals surface area contributed by atoms with Gasteiger partial charge >= 0.3 is 5.97 Å². The van der Waals surface area contributed by atoms with Crippen molar-refractivity contribution in [1.82, 2.24) is 4.98 Å². The standard InChI is InChI=1S/C21H20N2O5S/c1-2-27-15-8-9-16-18(12-15)29-21(22-16)23-19(25)13-28-20(26)11-10-17(24)14-6-4-3-5-7-14/h3-9,12H,2,10-11,13H2,1H3,(H,22,23,25). The number of ether oxygens (including phenoxy) is 2. The predicted molar refractivity (Wildman–Crippen MR) is 110 cm³/mol. The minimum atomic E-state index is -0.602.